The molecule has 4 fully saturated rings. The van der Waals surface area contributed by atoms with Gasteiger partial charge in [0.05, 0.1) is 0 Å². The molecule has 2 unspecified atom stereocenters. The number of rotatable bonds is 14. The Balaban J connectivity index is 0.805. The fourth-order valence-corrected chi connectivity index (χ4v) is 10.8. The topological polar surface area (TPSA) is 99.7 Å². The highest BCUT2D eigenvalue weighted by molar-refractivity contribution is 5.99. The number of carbonyl (C=O) groups excluding carboxylic acids is 4. The number of piperidine rings is 2. The van der Waals surface area contributed by atoms with Gasteiger partial charge in [0.15, 0.2) is 0 Å². The zero-order chi connectivity index (χ0) is 39.8. The molecule has 2 saturated heterocycles. The summed E-state index contributed by atoms with van der Waals surface area (Å²) < 4.78 is 12.4. The van der Waals surface area contributed by atoms with E-state index in [9.17, 15) is 19.2 Å². The van der Waals surface area contributed by atoms with Gasteiger partial charge in [-0.15, -0.1) is 0 Å². The molecule has 0 N–H and O–H groups in total. The van der Waals surface area contributed by atoms with Crippen molar-refractivity contribution in [3.05, 3.63) is 82.9 Å². The Morgan fingerprint density at radius 3 is 1.31 bits per heavy atom. The molecule has 2 aliphatic carbocycles. The van der Waals surface area contributed by atoms with Crippen LogP contribution in [0.25, 0.3) is 0 Å². The van der Waals surface area contributed by atoms with Gasteiger partial charge in [-0.3, -0.25) is 19.4 Å². The summed E-state index contributed by atoms with van der Waals surface area (Å²) in [5.41, 5.74) is 3.94. The first-order valence-electron chi connectivity index (χ1n) is 22.6. The molecule has 0 radical (unpaired) electrons. The molecular formula is C48H64N4O6. The number of benzene rings is 2. The smallest absolute Gasteiger partial charge is 0.331 e. The van der Waals surface area contributed by atoms with Gasteiger partial charge in [0.25, 0.3) is 11.8 Å². The third kappa shape index (κ3) is 10.2. The van der Waals surface area contributed by atoms with Gasteiger partial charge in [0.2, 0.25) is 0 Å². The Morgan fingerprint density at radius 2 is 0.931 bits per heavy atom. The van der Waals surface area contributed by atoms with Gasteiger partial charge in [0, 0.05) is 62.5 Å². The molecule has 2 amide bonds. The Labute approximate surface area is 345 Å². The molecule has 0 bridgehead atoms. The molecule has 2 aromatic carbocycles. The number of fused-ring (bicyclic) bond motifs is 2. The van der Waals surface area contributed by atoms with Gasteiger partial charge >= 0.3 is 11.9 Å². The maximum absolute atomic E-state index is 13.3. The molecule has 8 rings (SSSR count). The first-order chi connectivity index (χ1) is 28.4. The molecule has 0 spiro atoms. The van der Waals surface area contributed by atoms with Crippen molar-refractivity contribution >= 4 is 23.8 Å². The van der Waals surface area contributed by atoms with Crippen molar-refractivity contribution in [2.75, 3.05) is 52.4 Å². The predicted molar refractivity (Wildman–Crippen MR) is 223 cm³/mol. The number of amides is 2. The summed E-state index contributed by atoms with van der Waals surface area (Å²) in [6, 6.07) is 15.9. The summed E-state index contributed by atoms with van der Waals surface area (Å²) in [7, 11) is 0. The highest BCUT2D eigenvalue weighted by Crippen LogP contribution is 2.33. The fourth-order valence-electron chi connectivity index (χ4n) is 10.8. The van der Waals surface area contributed by atoms with Crippen molar-refractivity contribution < 1.29 is 28.7 Å². The van der Waals surface area contributed by atoms with E-state index in [1.165, 1.54) is 25.0 Å². The van der Waals surface area contributed by atoms with Crippen LogP contribution in [0.2, 0.25) is 0 Å². The van der Waals surface area contributed by atoms with Crippen molar-refractivity contribution in [3.8, 4) is 0 Å². The number of carbonyl (C=O) groups is 4. The largest absolute Gasteiger partial charge is 0.458 e. The van der Waals surface area contributed by atoms with Crippen LogP contribution in [0.4, 0.5) is 0 Å². The summed E-state index contributed by atoms with van der Waals surface area (Å²) >= 11 is 0. The number of likely N-dealkylation sites (tertiary alicyclic amines) is 2. The number of nitrogens with zero attached hydrogens (tertiary/aromatic N) is 4. The second-order valence-corrected chi connectivity index (χ2v) is 18.3. The van der Waals surface area contributed by atoms with Crippen molar-refractivity contribution in [1.29, 1.82) is 0 Å². The summed E-state index contributed by atoms with van der Waals surface area (Å²) in [5.74, 6) is 0.950. The van der Waals surface area contributed by atoms with Crippen LogP contribution in [0.1, 0.15) is 122 Å². The lowest BCUT2D eigenvalue weighted by Gasteiger charge is -2.38. The Hall–Kier alpha value is -4.02. The molecule has 10 heteroatoms. The van der Waals surface area contributed by atoms with E-state index in [4.69, 9.17) is 9.47 Å². The van der Waals surface area contributed by atoms with Crippen LogP contribution in [-0.4, -0.2) is 108 Å². The van der Waals surface area contributed by atoms with Crippen LogP contribution >= 0.6 is 0 Å². The minimum atomic E-state index is -0.467. The Bertz CT molecular complexity index is 1640. The lowest BCUT2D eigenvalue weighted by molar-refractivity contribution is -0.150. The van der Waals surface area contributed by atoms with Gasteiger partial charge in [-0.05, 0) is 124 Å². The lowest BCUT2D eigenvalue weighted by atomic mass is 9.84. The normalized spacial score (nSPS) is 23.0. The fraction of sp³-hybridized carbons (Fsp3) is 0.625. The zero-order valence-electron chi connectivity index (χ0n) is 34.4. The summed E-state index contributed by atoms with van der Waals surface area (Å²) in [5, 5.41) is 0. The van der Waals surface area contributed by atoms with E-state index in [0.717, 1.165) is 139 Å². The number of hydrogen-bond donors (Lipinski definition) is 0. The van der Waals surface area contributed by atoms with Crippen molar-refractivity contribution in [2.24, 2.45) is 23.7 Å². The monoisotopic (exact) mass is 792 g/mol. The third-order valence-corrected chi connectivity index (χ3v) is 14.3. The minimum absolute atomic E-state index is 0.153. The molecular weight excluding hydrogens is 729 g/mol. The van der Waals surface area contributed by atoms with E-state index < -0.39 is 11.9 Å². The van der Waals surface area contributed by atoms with Gasteiger partial charge < -0.3 is 19.3 Å². The van der Waals surface area contributed by atoms with E-state index in [-0.39, 0.29) is 24.0 Å². The molecule has 0 aromatic heterocycles. The van der Waals surface area contributed by atoms with Gasteiger partial charge in [-0.25, -0.2) is 9.59 Å². The maximum atomic E-state index is 13.3. The molecule has 2 saturated carbocycles. The molecule has 4 heterocycles. The molecule has 4 aliphatic heterocycles. The highest BCUT2D eigenvalue weighted by atomic mass is 16.6. The standard InChI is InChI=1S/C48H64N4O6/c53-45(57-43(37-11-3-1-4-12-37)33-49-25-21-35(22-26-49)29-51-31-39-15-7-9-17-41(39)47(51)55)19-20-46(54)58-44(38-13-5-2-6-14-38)34-50-27-23-36(24-28-50)30-52-32-40-16-8-10-18-42(40)48(52)56/h7-10,15-20,35-38,43-44H,1-6,11-14,21-34H2/b20-19+. The van der Waals surface area contributed by atoms with E-state index in [1.54, 1.807) is 0 Å². The number of esters is 2. The average Bonchev–Trinajstić information content (AvgIpc) is 3.75. The van der Waals surface area contributed by atoms with Crippen LogP contribution in [0, 0.1) is 23.7 Å². The van der Waals surface area contributed by atoms with Crippen LogP contribution in [0.15, 0.2) is 60.7 Å². The summed E-state index contributed by atoms with van der Waals surface area (Å²) in [6.45, 7) is 8.11. The first kappa shape index (κ1) is 40.7. The van der Waals surface area contributed by atoms with Gasteiger partial charge in [-0.2, -0.15) is 0 Å². The predicted octanol–water partition coefficient (Wildman–Crippen LogP) is 7.26. The van der Waals surface area contributed by atoms with E-state index in [0.29, 0.717) is 49.9 Å². The Kier molecular flexibility index (Phi) is 13.6. The molecule has 2 aromatic rings. The van der Waals surface area contributed by atoms with Crippen LogP contribution < -0.4 is 0 Å². The van der Waals surface area contributed by atoms with Gasteiger partial charge in [0.1, 0.15) is 12.2 Å². The van der Waals surface area contributed by atoms with Crippen molar-refractivity contribution in [1.82, 2.24) is 19.6 Å². The van der Waals surface area contributed by atoms with Crippen molar-refractivity contribution in [3.63, 3.8) is 0 Å². The summed E-state index contributed by atoms with van der Waals surface area (Å²) in [4.78, 5) is 61.5. The molecule has 6 aliphatic rings. The zero-order valence-corrected chi connectivity index (χ0v) is 34.4. The van der Waals surface area contributed by atoms with Gasteiger partial charge in [-0.1, -0.05) is 74.9 Å². The SMILES string of the molecule is O=C(/C=C/C(=O)OC(CN1CCC(CN2Cc3ccccc3C2=O)CC1)C1CCCCC1)OC(CN1CCC(CN2Cc3ccccc3C2=O)CC1)C1CCCCC1. The molecule has 10 nitrogen and oxygen atoms in total. The number of hydrogen-bond acceptors (Lipinski definition) is 8. The molecule has 58 heavy (non-hydrogen) atoms. The van der Waals surface area contributed by atoms with Crippen LogP contribution in [-0.2, 0) is 32.2 Å². The Morgan fingerprint density at radius 1 is 0.552 bits per heavy atom. The number of ether oxygens (including phenoxy) is 2. The van der Waals surface area contributed by atoms with E-state index in [2.05, 4.69) is 21.9 Å². The first-order valence-corrected chi connectivity index (χ1v) is 22.6. The maximum Gasteiger partial charge on any atom is 0.331 e. The lowest BCUT2D eigenvalue weighted by Crippen LogP contribution is -2.45. The van der Waals surface area contributed by atoms with E-state index >= 15 is 0 Å². The van der Waals surface area contributed by atoms with Crippen LogP contribution in [0.5, 0.6) is 0 Å². The highest BCUT2D eigenvalue weighted by Gasteiger charge is 2.35. The molecule has 312 valence electrons. The molecule has 2 atom stereocenters. The van der Waals surface area contributed by atoms with E-state index in [1.807, 2.05) is 46.2 Å². The van der Waals surface area contributed by atoms with Crippen LogP contribution in [0.3, 0.4) is 0 Å². The average molecular weight is 793 g/mol. The quantitative estimate of drug-likeness (QED) is 0.146. The third-order valence-electron chi connectivity index (χ3n) is 14.3. The second kappa shape index (κ2) is 19.4. The van der Waals surface area contributed by atoms with Crippen molar-refractivity contribution in [2.45, 2.75) is 115 Å². The summed E-state index contributed by atoms with van der Waals surface area (Å²) in [6.07, 6.45) is 17.5. The minimum Gasteiger partial charge on any atom is -0.458 e. The second-order valence-electron chi connectivity index (χ2n) is 18.3.